The molecular formula is C21H27N3O4. The molecular weight excluding hydrogens is 358 g/mol. The molecule has 7 heteroatoms. The molecule has 2 aromatic rings. The van der Waals surface area contributed by atoms with Crippen molar-refractivity contribution in [3.05, 3.63) is 53.4 Å². The maximum atomic E-state index is 13.0. The Labute approximate surface area is 165 Å². The van der Waals surface area contributed by atoms with Gasteiger partial charge >= 0.3 is 0 Å². The Bertz CT molecular complexity index is 782. The predicted octanol–water partition coefficient (Wildman–Crippen LogP) is 2.88. The Morgan fingerprint density at radius 3 is 2.75 bits per heavy atom. The number of hydrogen-bond acceptors (Lipinski definition) is 5. The summed E-state index contributed by atoms with van der Waals surface area (Å²) in [4.78, 5) is 26.8. The van der Waals surface area contributed by atoms with Crippen LogP contribution in [0, 0.1) is 5.92 Å². The Morgan fingerprint density at radius 2 is 2.07 bits per heavy atom. The third kappa shape index (κ3) is 5.42. The van der Waals surface area contributed by atoms with Crippen LogP contribution in [0.15, 0.2) is 40.9 Å². The normalized spacial score (nSPS) is 16.3. The Morgan fingerprint density at radius 1 is 1.29 bits per heavy atom. The number of aromatic nitrogens is 1. The average Bonchev–Trinajstić information content (AvgIpc) is 3.38. The Balaban J connectivity index is 1.70. The first-order valence-corrected chi connectivity index (χ1v) is 9.72. The van der Waals surface area contributed by atoms with Crippen LogP contribution in [0.4, 0.5) is 0 Å². The van der Waals surface area contributed by atoms with Gasteiger partial charge in [-0.2, -0.15) is 0 Å². The zero-order chi connectivity index (χ0) is 19.9. The van der Waals surface area contributed by atoms with Crippen LogP contribution in [-0.4, -0.2) is 47.7 Å². The van der Waals surface area contributed by atoms with Gasteiger partial charge in [0.25, 0.3) is 11.8 Å². The van der Waals surface area contributed by atoms with Crippen molar-refractivity contribution >= 4 is 11.8 Å². The maximum Gasteiger partial charge on any atom is 0.273 e. The summed E-state index contributed by atoms with van der Waals surface area (Å²) in [7, 11) is 0. The van der Waals surface area contributed by atoms with Crippen LogP contribution in [0.1, 0.15) is 53.3 Å². The zero-order valence-electron chi connectivity index (χ0n) is 16.4. The second-order valence-electron chi connectivity index (χ2n) is 7.47. The number of nitrogens with one attached hydrogen (secondary N) is 1. The third-order valence-corrected chi connectivity index (χ3v) is 4.57. The summed E-state index contributed by atoms with van der Waals surface area (Å²) in [6.45, 7) is 6.04. The van der Waals surface area contributed by atoms with Crippen molar-refractivity contribution in [1.82, 2.24) is 15.4 Å². The predicted molar refractivity (Wildman–Crippen MR) is 104 cm³/mol. The van der Waals surface area contributed by atoms with E-state index in [2.05, 4.69) is 10.5 Å². The fourth-order valence-corrected chi connectivity index (χ4v) is 3.09. The summed E-state index contributed by atoms with van der Waals surface area (Å²) in [5.41, 5.74) is 0.829. The van der Waals surface area contributed by atoms with E-state index >= 15 is 0 Å². The molecule has 7 nitrogen and oxygen atoms in total. The minimum atomic E-state index is -0.274. The zero-order valence-corrected chi connectivity index (χ0v) is 16.4. The lowest BCUT2D eigenvalue weighted by Gasteiger charge is -2.24. The van der Waals surface area contributed by atoms with E-state index in [9.17, 15) is 9.59 Å². The van der Waals surface area contributed by atoms with Crippen LogP contribution in [-0.2, 0) is 11.3 Å². The molecule has 1 fully saturated rings. The molecule has 0 spiro atoms. The van der Waals surface area contributed by atoms with Crippen LogP contribution in [0.2, 0.25) is 0 Å². The minimum absolute atomic E-state index is 0.0180. The van der Waals surface area contributed by atoms with Crippen molar-refractivity contribution in [2.24, 2.45) is 5.92 Å². The van der Waals surface area contributed by atoms with E-state index in [1.54, 1.807) is 23.1 Å². The van der Waals surface area contributed by atoms with Gasteiger partial charge in [-0.1, -0.05) is 37.2 Å². The summed E-state index contributed by atoms with van der Waals surface area (Å²) < 4.78 is 11.0. The molecule has 0 saturated carbocycles. The van der Waals surface area contributed by atoms with Gasteiger partial charge in [0.15, 0.2) is 11.5 Å². The van der Waals surface area contributed by atoms with E-state index in [1.807, 2.05) is 32.0 Å². The monoisotopic (exact) mass is 385 g/mol. The topological polar surface area (TPSA) is 84.7 Å². The lowest BCUT2D eigenvalue weighted by atomic mass is 10.1. The van der Waals surface area contributed by atoms with Gasteiger partial charge in [-0.05, 0) is 30.9 Å². The highest BCUT2D eigenvalue weighted by Crippen LogP contribution is 2.18. The van der Waals surface area contributed by atoms with Gasteiger partial charge in [-0.25, -0.2) is 0 Å². The van der Waals surface area contributed by atoms with Gasteiger partial charge in [0.2, 0.25) is 0 Å². The molecule has 1 atom stereocenters. The molecule has 150 valence electrons. The molecule has 3 rings (SSSR count). The second kappa shape index (κ2) is 9.50. The fraction of sp³-hybridized carbons (Fsp3) is 0.476. The smallest absolute Gasteiger partial charge is 0.273 e. The van der Waals surface area contributed by atoms with E-state index in [4.69, 9.17) is 9.26 Å². The molecule has 0 bridgehead atoms. The van der Waals surface area contributed by atoms with E-state index < -0.39 is 0 Å². The summed E-state index contributed by atoms with van der Waals surface area (Å²) in [6, 6.07) is 10.7. The quantitative estimate of drug-likeness (QED) is 0.755. The van der Waals surface area contributed by atoms with E-state index in [1.165, 1.54) is 0 Å². The molecule has 1 aromatic carbocycles. The second-order valence-corrected chi connectivity index (χ2v) is 7.47. The average molecular weight is 385 g/mol. The minimum Gasteiger partial charge on any atom is -0.376 e. The largest absolute Gasteiger partial charge is 0.376 e. The van der Waals surface area contributed by atoms with Gasteiger partial charge in [-0.15, -0.1) is 0 Å². The first kappa shape index (κ1) is 20.1. The molecule has 1 aromatic heterocycles. The molecule has 28 heavy (non-hydrogen) atoms. The van der Waals surface area contributed by atoms with Crippen molar-refractivity contribution in [3.8, 4) is 0 Å². The molecule has 2 amide bonds. The van der Waals surface area contributed by atoms with Crippen LogP contribution in [0.25, 0.3) is 0 Å². The van der Waals surface area contributed by atoms with E-state index in [0.29, 0.717) is 30.3 Å². The fourth-order valence-electron chi connectivity index (χ4n) is 3.09. The lowest BCUT2D eigenvalue weighted by molar-refractivity contribution is 0.0486. The molecule has 0 aliphatic carbocycles. The lowest BCUT2D eigenvalue weighted by Crippen LogP contribution is -2.36. The highest BCUT2D eigenvalue weighted by Gasteiger charge is 2.25. The highest BCUT2D eigenvalue weighted by molar-refractivity contribution is 5.94. The number of hydrogen-bond donors (Lipinski definition) is 1. The van der Waals surface area contributed by atoms with Gasteiger partial charge in [0, 0.05) is 31.3 Å². The first-order valence-electron chi connectivity index (χ1n) is 9.72. The van der Waals surface area contributed by atoms with Gasteiger partial charge in [0.05, 0.1) is 12.6 Å². The van der Waals surface area contributed by atoms with E-state index in [0.717, 1.165) is 19.4 Å². The van der Waals surface area contributed by atoms with Crippen LogP contribution in [0.3, 0.4) is 0 Å². The number of nitrogens with zero attached hydrogens (tertiary/aromatic N) is 2. The van der Waals surface area contributed by atoms with Crippen molar-refractivity contribution < 1.29 is 18.8 Å². The molecule has 0 radical (unpaired) electrons. The molecule has 1 unspecified atom stereocenters. The number of ether oxygens (including phenoxy) is 1. The van der Waals surface area contributed by atoms with Crippen molar-refractivity contribution in [3.63, 3.8) is 0 Å². The molecule has 1 N–H and O–H groups in total. The standard InChI is InChI=1S/C21H27N3O4/c1-15(2)12-22-20(25)19-11-18(28-23-19)14-24(13-17-9-6-10-27-17)21(26)16-7-4-3-5-8-16/h3-5,7-8,11,15,17H,6,9-10,12-14H2,1-2H3,(H,22,25). The molecule has 1 saturated heterocycles. The van der Waals surface area contributed by atoms with Crippen LogP contribution >= 0.6 is 0 Å². The first-order chi connectivity index (χ1) is 13.5. The number of carbonyl (C=O) groups is 2. The van der Waals surface area contributed by atoms with Crippen molar-refractivity contribution in [2.45, 2.75) is 39.3 Å². The van der Waals surface area contributed by atoms with Crippen LogP contribution in [0.5, 0.6) is 0 Å². The van der Waals surface area contributed by atoms with Crippen molar-refractivity contribution in [2.75, 3.05) is 19.7 Å². The number of carbonyl (C=O) groups excluding carboxylic acids is 2. The Hall–Kier alpha value is -2.67. The summed E-state index contributed by atoms with van der Waals surface area (Å²) in [5, 5.41) is 6.67. The number of rotatable bonds is 8. The van der Waals surface area contributed by atoms with Gasteiger partial charge < -0.3 is 19.5 Å². The number of amides is 2. The van der Waals surface area contributed by atoms with Gasteiger partial charge in [0.1, 0.15) is 0 Å². The maximum absolute atomic E-state index is 13.0. The number of benzene rings is 1. The summed E-state index contributed by atoms with van der Waals surface area (Å²) in [6.07, 6.45) is 1.95. The van der Waals surface area contributed by atoms with Crippen molar-refractivity contribution in [1.29, 1.82) is 0 Å². The summed E-state index contributed by atoms with van der Waals surface area (Å²) >= 11 is 0. The van der Waals surface area contributed by atoms with Crippen LogP contribution < -0.4 is 5.32 Å². The molecule has 2 heterocycles. The SMILES string of the molecule is CC(C)CNC(=O)c1cc(CN(CC2CCCO2)C(=O)c2ccccc2)on1. The molecule has 1 aliphatic rings. The molecule has 1 aliphatic heterocycles. The highest BCUT2D eigenvalue weighted by atomic mass is 16.5. The van der Waals surface area contributed by atoms with E-state index in [-0.39, 0.29) is 30.2 Å². The Kier molecular flexibility index (Phi) is 6.81. The third-order valence-electron chi connectivity index (χ3n) is 4.57. The van der Waals surface area contributed by atoms with Gasteiger partial charge in [-0.3, -0.25) is 9.59 Å². The summed E-state index contributed by atoms with van der Waals surface area (Å²) in [5.74, 6) is 0.444.